The summed E-state index contributed by atoms with van der Waals surface area (Å²) in [4.78, 5) is 22.9. The van der Waals surface area contributed by atoms with Crippen LogP contribution >= 0.6 is 27.7 Å². The molecule has 0 bridgehead atoms. The molecule has 0 atom stereocenters. The van der Waals surface area contributed by atoms with Crippen molar-refractivity contribution in [1.29, 1.82) is 5.26 Å². The summed E-state index contributed by atoms with van der Waals surface area (Å²) < 4.78 is 0.928. The summed E-state index contributed by atoms with van der Waals surface area (Å²) in [6.07, 6.45) is 2.66. The van der Waals surface area contributed by atoms with Gasteiger partial charge in [-0.2, -0.15) is 5.26 Å². The average molecular weight is 493 g/mol. The Hall–Kier alpha value is -2.82. The highest BCUT2D eigenvalue weighted by atomic mass is 79.9. The summed E-state index contributed by atoms with van der Waals surface area (Å²) in [5.74, 6) is 0.0573. The Morgan fingerprint density at radius 3 is 2.55 bits per heavy atom. The molecule has 0 spiro atoms. The second kappa shape index (κ2) is 9.99. The van der Waals surface area contributed by atoms with Crippen LogP contribution in [0.1, 0.15) is 22.3 Å². The number of nitrogens with zero attached hydrogens (tertiary/aromatic N) is 4. The predicted molar refractivity (Wildman–Crippen MR) is 126 cm³/mol. The van der Waals surface area contributed by atoms with Gasteiger partial charge >= 0.3 is 0 Å². The molecule has 1 aromatic heterocycles. The van der Waals surface area contributed by atoms with Gasteiger partial charge in [-0.05, 0) is 70.9 Å². The minimum Gasteiger partial charge on any atom is -0.370 e. The van der Waals surface area contributed by atoms with E-state index in [4.69, 9.17) is 5.26 Å². The number of hydrogen-bond donors (Lipinski definition) is 0. The summed E-state index contributed by atoms with van der Waals surface area (Å²) in [6, 6.07) is 21.4. The molecule has 4 rings (SSSR count). The number of amides is 1. The van der Waals surface area contributed by atoms with Crippen LogP contribution in [0.25, 0.3) is 0 Å². The number of halogens is 1. The molecule has 0 saturated carbocycles. The van der Waals surface area contributed by atoms with E-state index in [1.807, 2.05) is 65.6 Å². The van der Waals surface area contributed by atoms with Crippen molar-refractivity contribution in [2.24, 2.45) is 0 Å². The van der Waals surface area contributed by atoms with Crippen LogP contribution in [0.3, 0.4) is 0 Å². The Morgan fingerprint density at radius 1 is 1.00 bits per heavy atom. The molecule has 31 heavy (non-hydrogen) atoms. The van der Waals surface area contributed by atoms with Crippen LogP contribution < -0.4 is 4.90 Å². The number of hydrogen-bond acceptors (Lipinski definition) is 5. The SMILES string of the molecule is N#Cc1ccc(N2CCCN(C(=O)c3ccccc3Sc3ccc(Br)cn3)CC2)cc1. The van der Waals surface area contributed by atoms with Gasteiger partial charge in [-0.25, -0.2) is 4.98 Å². The second-order valence-electron chi connectivity index (χ2n) is 7.20. The molecule has 0 unspecified atom stereocenters. The number of carbonyl (C=O) groups is 1. The van der Waals surface area contributed by atoms with Gasteiger partial charge in [-0.3, -0.25) is 4.79 Å². The van der Waals surface area contributed by atoms with Gasteiger partial charge < -0.3 is 9.80 Å². The van der Waals surface area contributed by atoms with E-state index in [-0.39, 0.29) is 5.91 Å². The molecule has 1 amide bonds. The molecule has 1 saturated heterocycles. The fourth-order valence-electron chi connectivity index (χ4n) is 3.56. The van der Waals surface area contributed by atoms with Crippen LogP contribution in [0, 0.1) is 11.3 Å². The highest BCUT2D eigenvalue weighted by Gasteiger charge is 2.22. The monoisotopic (exact) mass is 492 g/mol. The molecule has 1 aliphatic heterocycles. The lowest BCUT2D eigenvalue weighted by molar-refractivity contribution is 0.0763. The number of aromatic nitrogens is 1. The molecular weight excluding hydrogens is 472 g/mol. The Morgan fingerprint density at radius 2 is 1.81 bits per heavy atom. The predicted octanol–water partition coefficient (Wildman–Crippen LogP) is 5.22. The third kappa shape index (κ3) is 5.27. The highest BCUT2D eigenvalue weighted by Crippen LogP contribution is 2.30. The van der Waals surface area contributed by atoms with Gasteiger partial charge in [-0.15, -0.1) is 0 Å². The molecule has 156 valence electrons. The molecule has 5 nitrogen and oxygen atoms in total. The normalized spacial score (nSPS) is 14.1. The third-order valence-corrected chi connectivity index (χ3v) is 6.67. The van der Waals surface area contributed by atoms with E-state index in [0.29, 0.717) is 17.7 Å². The quantitative estimate of drug-likeness (QED) is 0.499. The first kappa shape index (κ1) is 21.4. The zero-order valence-corrected chi connectivity index (χ0v) is 19.3. The van der Waals surface area contributed by atoms with E-state index in [1.165, 1.54) is 11.8 Å². The van der Waals surface area contributed by atoms with E-state index in [1.54, 1.807) is 6.20 Å². The van der Waals surface area contributed by atoms with Crippen molar-refractivity contribution >= 4 is 39.3 Å². The zero-order valence-electron chi connectivity index (χ0n) is 16.9. The van der Waals surface area contributed by atoms with Crippen molar-refractivity contribution in [3.63, 3.8) is 0 Å². The molecule has 2 heterocycles. The first-order chi connectivity index (χ1) is 15.1. The number of rotatable bonds is 4. The topological polar surface area (TPSA) is 60.2 Å². The molecule has 0 aliphatic carbocycles. The highest BCUT2D eigenvalue weighted by molar-refractivity contribution is 9.10. The Balaban J connectivity index is 1.47. The standard InChI is InChI=1S/C24H21BrN4OS/c25-19-8-11-23(27-17-19)31-22-5-2-1-4-21(22)24(30)29-13-3-12-28(14-15-29)20-9-6-18(16-26)7-10-20/h1-2,4-11,17H,3,12-15H2. The smallest absolute Gasteiger partial charge is 0.255 e. The van der Waals surface area contributed by atoms with Crippen LogP contribution in [-0.2, 0) is 0 Å². The van der Waals surface area contributed by atoms with Gasteiger partial charge in [0.05, 0.1) is 17.2 Å². The number of benzene rings is 2. The molecule has 2 aromatic carbocycles. The summed E-state index contributed by atoms with van der Waals surface area (Å²) in [6.45, 7) is 3.03. The first-order valence-electron chi connectivity index (χ1n) is 10.1. The van der Waals surface area contributed by atoms with Crippen LogP contribution in [0.5, 0.6) is 0 Å². The van der Waals surface area contributed by atoms with Gasteiger partial charge in [0.25, 0.3) is 5.91 Å². The maximum atomic E-state index is 13.4. The fraction of sp³-hybridized carbons (Fsp3) is 0.208. The number of nitriles is 1. The van der Waals surface area contributed by atoms with E-state index < -0.39 is 0 Å². The van der Waals surface area contributed by atoms with Crippen molar-refractivity contribution in [2.75, 3.05) is 31.1 Å². The van der Waals surface area contributed by atoms with Gasteiger partial charge in [0, 0.05) is 47.4 Å². The van der Waals surface area contributed by atoms with Gasteiger partial charge in [-0.1, -0.05) is 23.9 Å². The van der Waals surface area contributed by atoms with Crippen LogP contribution in [0.4, 0.5) is 5.69 Å². The third-order valence-electron chi connectivity index (χ3n) is 5.18. The molecule has 0 N–H and O–H groups in total. The van der Waals surface area contributed by atoms with Crippen molar-refractivity contribution in [1.82, 2.24) is 9.88 Å². The molecule has 0 radical (unpaired) electrons. The molecule has 1 fully saturated rings. The van der Waals surface area contributed by atoms with Crippen LogP contribution in [-0.4, -0.2) is 42.0 Å². The second-order valence-corrected chi connectivity index (χ2v) is 9.18. The lowest BCUT2D eigenvalue weighted by Crippen LogP contribution is -2.35. The van der Waals surface area contributed by atoms with E-state index in [2.05, 4.69) is 31.9 Å². The zero-order chi connectivity index (χ0) is 21.6. The van der Waals surface area contributed by atoms with Crippen molar-refractivity contribution in [3.05, 3.63) is 82.5 Å². The number of pyridine rings is 1. The van der Waals surface area contributed by atoms with E-state index in [0.717, 1.165) is 46.1 Å². The van der Waals surface area contributed by atoms with Gasteiger partial charge in [0.15, 0.2) is 0 Å². The minimum atomic E-state index is 0.0573. The number of anilines is 1. The van der Waals surface area contributed by atoms with Crippen molar-refractivity contribution in [2.45, 2.75) is 16.3 Å². The Labute approximate surface area is 194 Å². The molecule has 3 aromatic rings. The summed E-state index contributed by atoms with van der Waals surface area (Å²) in [5, 5.41) is 9.85. The van der Waals surface area contributed by atoms with Crippen molar-refractivity contribution in [3.8, 4) is 6.07 Å². The molecule has 7 heteroatoms. The summed E-state index contributed by atoms with van der Waals surface area (Å²) in [5.41, 5.74) is 2.46. The van der Waals surface area contributed by atoms with E-state index in [9.17, 15) is 4.79 Å². The van der Waals surface area contributed by atoms with Crippen LogP contribution in [0.2, 0.25) is 0 Å². The summed E-state index contributed by atoms with van der Waals surface area (Å²) >= 11 is 4.91. The lowest BCUT2D eigenvalue weighted by Gasteiger charge is -2.24. The fourth-order valence-corrected chi connectivity index (χ4v) is 4.68. The molecular formula is C24H21BrN4OS. The molecule has 1 aliphatic rings. The number of carbonyl (C=O) groups excluding carboxylic acids is 1. The van der Waals surface area contributed by atoms with Gasteiger partial charge in [0.2, 0.25) is 0 Å². The van der Waals surface area contributed by atoms with Gasteiger partial charge in [0.1, 0.15) is 5.03 Å². The Bertz CT molecular complexity index is 1100. The van der Waals surface area contributed by atoms with E-state index >= 15 is 0 Å². The first-order valence-corrected chi connectivity index (χ1v) is 11.7. The minimum absolute atomic E-state index is 0.0573. The largest absolute Gasteiger partial charge is 0.370 e. The van der Waals surface area contributed by atoms with Crippen LogP contribution in [0.15, 0.2) is 81.3 Å². The maximum absolute atomic E-state index is 13.4. The average Bonchev–Trinajstić information content (AvgIpc) is 3.07. The maximum Gasteiger partial charge on any atom is 0.255 e. The Kier molecular flexibility index (Phi) is 6.90. The summed E-state index contributed by atoms with van der Waals surface area (Å²) in [7, 11) is 0. The van der Waals surface area contributed by atoms with Crippen molar-refractivity contribution < 1.29 is 4.79 Å². The lowest BCUT2D eigenvalue weighted by atomic mass is 10.2.